The van der Waals surface area contributed by atoms with Gasteiger partial charge in [-0.3, -0.25) is 0 Å². The molecule has 6 heteroatoms. The molecule has 2 N–H and O–H groups in total. The Bertz CT molecular complexity index is 1050. The Morgan fingerprint density at radius 1 is 1.07 bits per heavy atom. The van der Waals surface area contributed by atoms with E-state index in [9.17, 15) is 13.5 Å². The van der Waals surface area contributed by atoms with Crippen LogP contribution in [-0.2, 0) is 22.5 Å². The second kappa shape index (κ2) is 7.11. The van der Waals surface area contributed by atoms with Gasteiger partial charge in [-0.2, -0.15) is 0 Å². The van der Waals surface area contributed by atoms with Crippen molar-refractivity contribution in [1.82, 2.24) is 9.29 Å². The number of benzene rings is 2. The molecule has 1 heterocycles. The Morgan fingerprint density at radius 3 is 2.33 bits per heavy atom. The Balaban J connectivity index is 1.76. The molecule has 3 rings (SSSR count). The number of nitrogens with zero attached hydrogens (tertiary/aromatic N) is 1. The van der Waals surface area contributed by atoms with Gasteiger partial charge in [0.05, 0.1) is 11.0 Å². The third-order valence-electron chi connectivity index (χ3n) is 4.78. The highest BCUT2D eigenvalue weighted by Crippen LogP contribution is 2.26. The molecule has 0 saturated carbocycles. The summed E-state index contributed by atoms with van der Waals surface area (Å²) < 4.78 is 29.6. The molecule has 0 saturated heterocycles. The van der Waals surface area contributed by atoms with Crippen molar-refractivity contribution < 1.29 is 13.5 Å². The van der Waals surface area contributed by atoms with E-state index in [1.54, 1.807) is 12.1 Å². The van der Waals surface area contributed by atoms with Crippen molar-refractivity contribution in [3.05, 3.63) is 65.9 Å². The molecule has 0 spiro atoms. The maximum Gasteiger partial charge on any atom is 0.240 e. The lowest BCUT2D eigenvalue weighted by Gasteiger charge is -2.19. The lowest BCUT2D eigenvalue weighted by Crippen LogP contribution is -2.28. The van der Waals surface area contributed by atoms with E-state index in [-0.39, 0.29) is 16.9 Å². The molecular formula is C21H26N2O3S. The molecule has 1 unspecified atom stereocenters. The maximum absolute atomic E-state index is 12.6. The molecule has 2 aromatic carbocycles. The van der Waals surface area contributed by atoms with Crippen molar-refractivity contribution in [2.24, 2.45) is 7.05 Å². The molecule has 5 nitrogen and oxygen atoms in total. The number of fused-ring (bicyclic) bond motifs is 1. The Kier molecular flexibility index (Phi) is 5.16. The first-order chi connectivity index (χ1) is 12.6. The van der Waals surface area contributed by atoms with Gasteiger partial charge in [0.15, 0.2) is 0 Å². The van der Waals surface area contributed by atoms with Gasteiger partial charge < -0.3 is 9.67 Å². The lowest BCUT2D eigenvalue weighted by atomic mass is 9.87. The van der Waals surface area contributed by atoms with Crippen molar-refractivity contribution in [1.29, 1.82) is 0 Å². The van der Waals surface area contributed by atoms with E-state index in [0.29, 0.717) is 5.56 Å². The minimum Gasteiger partial charge on any atom is -0.387 e. The lowest BCUT2D eigenvalue weighted by molar-refractivity contribution is 0.183. The van der Waals surface area contributed by atoms with Crippen LogP contribution in [0.1, 0.15) is 38.0 Å². The van der Waals surface area contributed by atoms with Crippen molar-refractivity contribution in [2.45, 2.75) is 37.2 Å². The van der Waals surface area contributed by atoms with E-state index in [1.807, 2.05) is 54.2 Å². The van der Waals surface area contributed by atoms with Crippen molar-refractivity contribution in [3.8, 4) is 0 Å². The zero-order chi connectivity index (χ0) is 19.8. The van der Waals surface area contributed by atoms with E-state index in [0.717, 1.165) is 16.5 Å². The summed E-state index contributed by atoms with van der Waals surface area (Å²) in [6.07, 6.45) is 0.904. The molecular weight excluding hydrogens is 360 g/mol. The molecule has 3 aromatic rings. The first-order valence-corrected chi connectivity index (χ1v) is 10.4. The number of aromatic nitrogens is 1. The van der Waals surface area contributed by atoms with Crippen LogP contribution < -0.4 is 4.72 Å². The third-order valence-corrected chi connectivity index (χ3v) is 6.22. The highest BCUT2D eigenvalue weighted by molar-refractivity contribution is 7.89. The van der Waals surface area contributed by atoms with Gasteiger partial charge in [0.25, 0.3) is 0 Å². The second-order valence-electron chi connectivity index (χ2n) is 7.85. The number of aliphatic hydroxyl groups excluding tert-OH is 1. The fourth-order valence-electron chi connectivity index (χ4n) is 3.15. The fourth-order valence-corrected chi connectivity index (χ4v) is 4.19. The first-order valence-electron chi connectivity index (χ1n) is 8.92. The number of rotatable bonds is 5. The fraction of sp³-hybridized carbons (Fsp3) is 0.333. The molecule has 1 atom stereocenters. The molecule has 27 heavy (non-hydrogen) atoms. The third kappa shape index (κ3) is 4.08. The summed E-state index contributed by atoms with van der Waals surface area (Å²) >= 11 is 0. The van der Waals surface area contributed by atoms with Gasteiger partial charge >= 0.3 is 0 Å². The van der Waals surface area contributed by atoms with Crippen molar-refractivity contribution >= 4 is 20.9 Å². The summed E-state index contributed by atoms with van der Waals surface area (Å²) in [5, 5.41) is 11.5. The molecule has 0 radical (unpaired) electrons. The molecule has 0 fully saturated rings. The highest BCUT2D eigenvalue weighted by Gasteiger charge is 2.20. The summed E-state index contributed by atoms with van der Waals surface area (Å²) in [5.74, 6) is 0. The van der Waals surface area contributed by atoms with Gasteiger partial charge in [-0.25, -0.2) is 13.1 Å². The average molecular weight is 387 g/mol. The smallest absolute Gasteiger partial charge is 0.240 e. The van der Waals surface area contributed by atoms with Crippen LogP contribution in [0.3, 0.4) is 0 Å². The van der Waals surface area contributed by atoms with E-state index in [1.165, 1.54) is 0 Å². The summed E-state index contributed by atoms with van der Waals surface area (Å²) in [6.45, 7) is 6.15. The van der Waals surface area contributed by atoms with Crippen molar-refractivity contribution in [3.63, 3.8) is 0 Å². The standard InChI is InChI=1S/C21H26N2O3S/c1-21(2,3)15-9-11-16(12-10-15)27(25,26)22-13-20(24)18-14-23(4)19-8-6-5-7-17(18)19/h5-12,14,20,22,24H,13H2,1-4H3. The number of aliphatic hydroxyl groups is 1. The zero-order valence-electron chi connectivity index (χ0n) is 16.1. The number of para-hydroxylation sites is 1. The molecule has 0 amide bonds. The number of sulfonamides is 1. The zero-order valence-corrected chi connectivity index (χ0v) is 16.9. The van der Waals surface area contributed by atoms with E-state index in [2.05, 4.69) is 25.5 Å². The Hall–Kier alpha value is -2.15. The topological polar surface area (TPSA) is 71.3 Å². The highest BCUT2D eigenvalue weighted by atomic mass is 32.2. The van der Waals surface area contributed by atoms with Crippen molar-refractivity contribution in [2.75, 3.05) is 6.54 Å². The van der Waals surface area contributed by atoms with Crippen LogP contribution in [0.4, 0.5) is 0 Å². The summed E-state index contributed by atoms with van der Waals surface area (Å²) in [7, 11) is -1.79. The van der Waals surface area contributed by atoms with Crippen LogP contribution in [-0.4, -0.2) is 24.6 Å². The quantitative estimate of drug-likeness (QED) is 0.705. The van der Waals surface area contributed by atoms with E-state index >= 15 is 0 Å². The summed E-state index contributed by atoms with van der Waals surface area (Å²) in [5.41, 5.74) is 2.73. The number of hydrogen-bond acceptors (Lipinski definition) is 3. The largest absolute Gasteiger partial charge is 0.387 e. The predicted octanol–water partition coefficient (Wildman–Crippen LogP) is 3.49. The normalized spacial score (nSPS) is 13.8. The van der Waals surface area contributed by atoms with Gasteiger partial charge in [-0.15, -0.1) is 0 Å². The summed E-state index contributed by atoms with van der Waals surface area (Å²) in [6, 6.07) is 14.6. The molecule has 144 valence electrons. The SMILES string of the molecule is Cn1cc(C(O)CNS(=O)(=O)c2ccc(C(C)(C)C)cc2)c2ccccc21. The van der Waals surface area contributed by atoms with Crippen LogP contribution in [0.25, 0.3) is 10.9 Å². The van der Waals surface area contributed by atoms with E-state index < -0.39 is 16.1 Å². The molecule has 0 aliphatic rings. The first kappa shape index (κ1) is 19.6. The van der Waals surface area contributed by atoms with E-state index in [4.69, 9.17) is 0 Å². The van der Waals surface area contributed by atoms with Gasteiger partial charge in [0.1, 0.15) is 0 Å². The molecule has 0 bridgehead atoms. The van der Waals surface area contributed by atoms with Gasteiger partial charge in [0.2, 0.25) is 10.0 Å². The van der Waals surface area contributed by atoms with Gasteiger partial charge in [-0.05, 0) is 29.2 Å². The van der Waals surface area contributed by atoms with Crippen LogP contribution >= 0.6 is 0 Å². The summed E-state index contributed by atoms with van der Waals surface area (Å²) in [4.78, 5) is 0.195. The maximum atomic E-state index is 12.6. The number of aryl methyl sites for hydroxylation is 1. The minimum absolute atomic E-state index is 0.0414. The monoisotopic (exact) mass is 386 g/mol. The van der Waals surface area contributed by atoms with Crippen LogP contribution in [0.15, 0.2) is 59.6 Å². The minimum atomic E-state index is -3.69. The average Bonchev–Trinajstić information content (AvgIpc) is 2.96. The molecule has 1 aromatic heterocycles. The van der Waals surface area contributed by atoms with Gasteiger partial charge in [-0.1, -0.05) is 51.1 Å². The number of nitrogens with one attached hydrogen (secondary N) is 1. The predicted molar refractivity (Wildman–Crippen MR) is 108 cm³/mol. The second-order valence-corrected chi connectivity index (χ2v) is 9.62. The molecule has 0 aliphatic heterocycles. The van der Waals surface area contributed by atoms with Crippen LogP contribution in [0.5, 0.6) is 0 Å². The Morgan fingerprint density at radius 2 is 1.70 bits per heavy atom. The molecule has 0 aliphatic carbocycles. The van der Waals surface area contributed by atoms with Crippen LogP contribution in [0.2, 0.25) is 0 Å². The van der Waals surface area contributed by atoms with Crippen LogP contribution in [0, 0.1) is 0 Å². The number of hydrogen-bond donors (Lipinski definition) is 2. The van der Waals surface area contributed by atoms with Gasteiger partial charge in [0, 0.05) is 36.3 Å². The Labute approximate surface area is 160 Å².